The highest BCUT2D eigenvalue weighted by atomic mass is 16.6. The Morgan fingerprint density at radius 2 is 0.542 bits per heavy atom. The van der Waals surface area contributed by atoms with Gasteiger partial charge in [0.1, 0.15) is 13.2 Å². The van der Waals surface area contributed by atoms with Crippen LogP contribution in [0.1, 0.15) is 271 Å². The molecular formula is C66H110O6. The first-order valence-electron chi connectivity index (χ1n) is 29.9. The molecular weight excluding hydrogens is 889 g/mol. The molecule has 6 nitrogen and oxygen atoms in total. The number of unbranched alkanes of at least 4 members (excludes halogenated alkanes) is 24. The Bertz CT molecular complexity index is 1470. The van der Waals surface area contributed by atoms with Crippen LogP contribution in [0.15, 0.2) is 109 Å². The summed E-state index contributed by atoms with van der Waals surface area (Å²) in [7, 11) is 0. The van der Waals surface area contributed by atoms with Crippen molar-refractivity contribution in [3.8, 4) is 0 Å². The predicted molar refractivity (Wildman–Crippen MR) is 311 cm³/mol. The Balaban J connectivity index is 4.28. The van der Waals surface area contributed by atoms with Gasteiger partial charge in [0.25, 0.3) is 0 Å². The smallest absolute Gasteiger partial charge is 0.306 e. The van der Waals surface area contributed by atoms with Crippen molar-refractivity contribution in [2.75, 3.05) is 13.2 Å². The zero-order chi connectivity index (χ0) is 52.2. The highest BCUT2D eigenvalue weighted by Crippen LogP contribution is 2.15. The first-order chi connectivity index (χ1) is 35.5. The molecule has 1 unspecified atom stereocenters. The maximum atomic E-state index is 12.8. The summed E-state index contributed by atoms with van der Waals surface area (Å²) in [6.07, 6.45) is 81.0. The lowest BCUT2D eigenvalue weighted by atomic mass is 10.0. The molecule has 0 spiro atoms. The number of esters is 3. The lowest BCUT2D eigenvalue weighted by Crippen LogP contribution is -2.30. The minimum absolute atomic E-state index is 0.0937. The van der Waals surface area contributed by atoms with Gasteiger partial charge in [0, 0.05) is 19.3 Å². The molecule has 1 atom stereocenters. The van der Waals surface area contributed by atoms with E-state index in [2.05, 4.69) is 130 Å². The van der Waals surface area contributed by atoms with Crippen LogP contribution in [0.5, 0.6) is 0 Å². The summed E-state index contributed by atoms with van der Waals surface area (Å²) in [4.78, 5) is 38.1. The second kappa shape index (κ2) is 59.6. The first kappa shape index (κ1) is 68.1. The molecule has 0 aromatic carbocycles. The second-order valence-electron chi connectivity index (χ2n) is 19.5. The van der Waals surface area contributed by atoms with Gasteiger partial charge in [0.05, 0.1) is 0 Å². The average molecular weight is 1000 g/mol. The lowest BCUT2D eigenvalue weighted by Gasteiger charge is -2.18. The Kier molecular flexibility index (Phi) is 56.4. The van der Waals surface area contributed by atoms with Crippen LogP contribution in [0.2, 0.25) is 0 Å². The van der Waals surface area contributed by atoms with Crippen LogP contribution in [0.4, 0.5) is 0 Å². The summed E-state index contributed by atoms with van der Waals surface area (Å²) < 4.78 is 16.8. The molecule has 0 bridgehead atoms. The average Bonchev–Trinajstić information content (AvgIpc) is 3.38. The number of ether oxygens (including phenoxy) is 3. The number of hydrogen-bond acceptors (Lipinski definition) is 6. The van der Waals surface area contributed by atoms with Crippen LogP contribution >= 0.6 is 0 Å². The number of carbonyl (C=O) groups is 3. The van der Waals surface area contributed by atoms with Crippen LogP contribution in [0, 0.1) is 0 Å². The normalized spacial score (nSPS) is 12.9. The largest absolute Gasteiger partial charge is 0.462 e. The zero-order valence-electron chi connectivity index (χ0n) is 46.9. The van der Waals surface area contributed by atoms with Crippen molar-refractivity contribution < 1.29 is 28.6 Å². The van der Waals surface area contributed by atoms with E-state index in [0.29, 0.717) is 19.3 Å². The summed E-state index contributed by atoms with van der Waals surface area (Å²) >= 11 is 0. The van der Waals surface area contributed by atoms with E-state index in [0.717, 1.165) is 135 Å². The molecule has 0 aliphatic carbocycles. The molecule has 0 rings (SSSR count). The Hall–Kier alpha value is -3.93. The highest BCUT2D eigenvalue weighted by molar-refractivity contribution is 5.71. The van der Waals surface area contributed by atoms with E-state index < -0.39 is 6.10 Å². The molecule has 0 saturated heterocycles. The van der Waals surface area contributed by atoms with Gasteiger partial charge in [0.15, 0.2) is 6.10 Å². The molecule has 0 aliphatic heterocycles. The quantitative estimate of drug-likeness (QED) is 0.0261. The maximum absolute atomic E-state index is 12.8. The van der Waals surface area contributed by atoms with E-state index in [9.17, 15) is 14.4 Å². The van der Waals surface area contributed by atoms with Gasteiger partial charge in [0.2, 0.25) is 0 Å². The fourth-order valence-electron chi connectivity index (χ4n) is 8.05. The third kappa shape index (κ3) is 57.0. The molecule has 0 radical (unpaired) electrons. The zero-order valence-corrected chi connectivity index (χ0v) is 46.9. The van der Waals surface area contributed by atoms with Crippen LogP contribution in [0.3, 0.4) is 0 Å². The summed E-state index contributed by atoms with van der Waals surface area (Å²) in [6.45, 7) is 6.34. The Morgan fingerprint density at radius 1 is 0.292 bits per heavy atom. The highest BCUT2D eigenvalue weighted by Gasteiger charge is 2.19. The summed E-state index contributed by atoms with van der Waals surface area (Å²) in [6, 6.07) is 0. The van der Waals surface area contributed by atoms with Crippen LogP contribution in [0.25, 0.3) is 0 Å². The third-order valence-electron chi connectivity index (χ3n) is 12.5. The SMILES string of the molecule is CC/C=C\C/C=C\C/C=C\C/C=C\CCCCCCCCCCCCCCCCC(=O)OCC(COC(=O)CCCCC/C=C\C/C=C\C/C=C\CC)OC(=O)CCCCCCC/C=C\C/C=C\CCCC. The van der Waals surface area contributed by atoms with Crippen LogP contribution in [-0.2, 0) is 28.6 Å². The molecule has 72 heavy (non-hydrogen) atoms. The van der Waals surface area contributed by atoms with Crippen molar-refractivity contribution in [3.63, 3.8) is 0 Å². The van der Waals surface area contributed by atoms with Crippen molar-refractivity contribution >= 4 is 17.9 Å². The molecule has 0 fully saturated rings. The van der Waals surface area contributed by atoms with Gasteiger partial charge >= 0.3 is 17.9 Å². The van der Waals surface area contributed by atoms with Gasteiger partial charge in [-0.25, -0.2) is 0 Å². The van der Waals surface area contributed by atoms with Crippen LogP contribution in [-0.4, -0.2) is 37.2 Å². The number of carbonyl (C=O) groups excluding carboxylic acids is 3. The van der Waals surface area contributed by atoms with Crippen molar-refractivity contribution in [3.05, 3.63) is 109 Å². The van der Waals surface area contributed by atoms with Crippen molar-refractivity contribution in [2.45, 2.75) is 277 Å². The molecule has 0 aliphatic rings. The minimum atomic E-state index is -0.799. The molecule has 0 aromatic rings. The van der Waals surface area contributed by atoms with Gasteiger partial charge in [-0.15, -0.1) is 0 Å². The van der Waals surface area contributed by atoms with E-state index in [-0.39, 0.29) is 31.1 Å². The minimum Gasteiger partial charge on any atom is -0.462 e. The van der Waals surface area contributed by atoms with Crippen molar-refractivity contribution in [1.29, 1.82) is 0 Å². The fourth-order valence-corrected chi connectivity index (χ4v) is 8.05. The third-order valence-corrected chi connectivity index (χ3v) is 12.5. The molecule has 0 aromatic heterocycles. The van der Waals surface area contributed by atoms with Crippen molar-refractivity contribution in [2.24, 2.45) is 0 Å². The van der Waals surface area contributed by atoms with E-state index >= 15 is 0 Å². The molecule has 0 N–H and O–H groups in total. The summed E-state index contributed by atoms with van der Waals surface area (Å²) in [5.41, 5.74) is 0. The lowest BCUT2D eigenvalue weighted by molar-refractivity contribution is -0.167. The van der Waals surface area contributed by atoms with Gasteiger partial charge in [-0.05, 0) is 116 Å². The number of hydrogen-bond donors (Lipinski definition) is 0. The van der Waals surface area contributed by atoms with Gasteiger partial charge < -0.3 is 14.2 Å². The summed E-state index contributed by atoms with van der Waals surface area (Å²) in [5, 5.41) is 0. The molecule has 410 valence electrons. The predicted octanol–water partition coefficient (Wildman–Crippen LogP) is 20.3. The van der Waals surface area contributed by atoms with E-state index in [1.165, 1.54) is 96.3 Å². The van der Waals surface area contributed by atoms with Gasteiger partial charge in [-0.2, -0.15) is 0 Å². The van der Waals surface area contributed by atoms with E-state index in [1.54, 1.807) is 0 Å². The fraction of sp³-hybridized carbons (Fsp3) is 0.682. The number of allylic oxidation sites excluding steroid dienone is 18. The maximum Gasteiger partial charge on any atom is 0.306 e. The first-order valence-corrected chi connectivity index (χ1v) is 29.9. The molecule has 6 heteroatoms. The van der Waals surface area contributed by atoms with E-state index in [1.807, 2.05) is 0 Å². The molecule has 0 heterocycles. The van der Waals surface area contributed by atoms with Crippen molar-refractivity contribution in [1.82, 2.24) is 0 Å². The van der Waals surface area contributed by atoms with Gasteiger partial charge in [-0.1, -0.05) is 246 Å². The topological polar surface area (TPSA) is 78.9 Å². The summed E-state index contributed by atoms with van der Waals surface area (Å²) in [5.74, 6) is -0.937. The Labute approximate surface area is 444 Å². The number of rotatable bonds is 53. The van der Waals surface area contributed by atoms with E-state index in [4.69, 9.17) is 14.2 Å². The van der Waals surface area contributed by atoms with Crippen LogP contribution < -0.4 is 0 Å². The van der Waals surface area contributed by atoms with Gasteiger partial charge in [-0.3, -0.25) is 14.4 Å². The Morgan fingerprint density at radius 3 is 0.861 bits per heavy atom. The standard InChI is InChI=1S/C66H110O6/c1-4-7-10-13-16-19-22-25-27-28-29-30-31-32-33-34-35-36-37-38-39-42-44-47-50-53-56-59-65(68)71-62-63(61-70-64(67)58-55-52-49-46-43-40-24-21-18-15-12-9-6-3)72-66(69)60-57-54-51-48-45-41-26-23-20-17-14-11-8-5-2/h7,9-10,12,14,16-19,21,23,25-27,29-30,40,43,63H,4-6,8,11,13,15,20,22,24,28,31-39,41-42,44-62H2,1-3H3/b10-7-,12-9-,17-14-,19-16-,21-18-,26-23-,27-25-,30-29-,43-40-. The monoisotopic (exact) mass is 999 g/mol. The molecule has 0 saturated carbocycles. The second-order valence-corrected chi connectivity index (χ2v) is 19.5. The molecule has 0 amide bonds.